The van der Waals surface area contributed by atoms with Crippen molar-refractivity contribution in [3.05, 3.63) is 18.2 Å². The van der Waals surface area contributed by atoms with Crippen LogP contribution in [0.3, 0.4) is 0 Å². The van der Waals surface area contributed by atoms with Crippen LogP contribution in [0.4, 0.5) is 0 Å². The van der Waals surface area contributed by atoms with Crippen LogP contribution in [0.25, 0.3) is 0 Å². The summed E-state index contributed by atoms with van der Waals surface area (Å²) in [6.45, 7) is 2.03. The van der Waals surface area contributed by atoms with E-state index in [9.17, 15) is 4.79 Å². The van der Waals surface area contributed by atoms with Crippen LogP contribution in [-0.4, -0.2) is 31.4 Å². The molecule has 0 radical (unpaired) electrons. The highest BCUT2D eigenvalue weighted by molar-refractivity contribution is 5.68. The molecule has 0 amide bonds. The van der Waals surface area contributed by atoms with Crippen molar-refractivity contribution in [2.45, 2.75) is 6.92 Å². The molecule has 5 heteroatoms. The minimum absolute atomic E-state index is 0.383. The fourth-order valence-electron chi connectivity index (χ4n) is 1.16. The van der Waals surface area contributed by atoms with E-state index in [0.717, 1.165) is 0 Å². The molecule has 0 saturated heterocycles. The second-order valence-corrected chi connectivity index (χ2v) is 2.93. The van der Waals surface area contributed by atoms with Crippen LogP contribution in [0, 0.1) is 0 Å². The fraction of sp³-hybridized carbons (Fsp3) is 0.364. The number of aliphatic carboxylic acids is 1. The Hall–Kier alpha value is -1.91. The number of ether oxygens (including phenoxy) is 3. The second-order valence-electron chi connectivity index (χ2n) is 2.93. The Labute approximate surface area is 93.6 Å². The molecule has 88 valence electrons. The summed E-state index contributed by atoms with van der Waals surface area (Å²) in [6, 6.07) is 4.97. The zero-order valence-corrected chi connectivity index (χ0v) is 9.23. The molecule has 1 aromatic carbocycles. The molecule has 1 aromatic rings. The van der Waals surface area contributed by atoms with Gasteiger partial charge in [0.1, 0.15) is 5.75 Å². The molecule has 0 aliphatic heterocycles. The van der Waals surface area contributed by atoms with E-state index in [1.807, 2.05) is 6.92 Å². The van der Waals surface area contributed by atoms with Crippen molar-refractivity contribution < 1.29 is 24.1 Å². The lowest BCUT2D eigenvalue weighted by Crippen LogP contribution is -2.10. The van der Waals surface area contributed by atoms with E-state index in [1.54, 1.807) is 18.2 Å². The Morgan fingerprint density at radius 1 is 1.31 bits per heavy atom. The van der Waals surface area contributed by atoms with Crippen molar-refractivity contribution in [2.24, 2.45) is 0 Å². The Bertz CT molecular complexity index is 361. The van der Waals surface area contributed by atoms with Crippen molar-refractivity contribution in [3.8, 4) is 17.2 Å². The third-order valence-corrected chi connectivity index (χ3v) is 1.80. The van der Waals surface area contributed by atoms with E-state index >= 15 is 0 Å². The maximum atomic E-state index is 10.4. The number of carboxylic acids is 1. The summed E-state index contributed by atoms with van der Waals surface area (Å²) in [6.07, 6.45) is 0. The largest absolute Gasteiger partial charge is 0.494 e. The molecular formula is C11H14O5. The van der Waals surface area contributed by atoms with Gasteiger partial charge in [0.25, 0.3) is 0 Å². The first-order valence-electron chi connectivity index (χ1n) is 4.82. The number of benzene rings is 1. The van der Waals surface area contributed by atoms with Crippen LogP contribution < -0.4 is 14.2 Å². The van der Waals surface area contributed by atoms with Gasteiger partial charge in [0.05, 0.1) is 13.7 Å². The number of rotatable bonds is 6. The molecule has 16 heavy (non-hydrogen) atoms. The molecule has 5 nitrogen and oxygen atoms in total. The number of carboxylic acid groups (broad SMARTS) is 1. The van der Waals surface area contributed by atoms with Crippen LogP contribution in [-0.2, 0) is 4.79 Å². The lowest BCUT2D eigenvalue weighted by molar-refractivity contribution is -0.139. The minimum atomic E-state index is -1.03. The smallest absolute Gasteiger partial charge is 0.341 e. The van der Waals surface area contributed by atoms with Gasteiger partial charge in [-0.25, -0.2) is 4.79 Å². The molecule has 0 heterocycles. The van der Waals surface area contributed by atoms with E-state index in [0.29, 0.717) is 23.9 Å². The molecule has 1 N–H and O–H groups in total. The lowest BCUT2D eigenvalue weighted by Gasteiger charge is -2.10. The lowest BCUT2D eigenvalue weighted by atomic mass is 10.3. The fourth-order valence-corrected chi connectivity index (χ4v) is 1.16. The predicted molar refractivity (Wildman–Crippen MR) is 57.3 cm³/mol. The summed E-state index contributed by atoms with van der Waals surface area (Å²) in [5.74, 6) is 0.457. The van der Waals surface area contributed by atoms with Gasteiger partial charge in [-0.3, -0.25) is 0 Å². The molecule has 0 aliphatic carbocycles. The van der Waals surface area contributed by atoms with Crippen molar-refractivity contribution in [2.75, 3.05) is 20.3 Å². The maximum Gasteiger partial charge on any atom is 0.341 e. The van der Waals surface area contributed by atoms with Gasteiger partial charge in [0.2, 0.25) is 0 Å². The molecule has 1 rings (SSSR count). The molecule has 0 fully saturated rings. The Balaban J connectivity index is 2.80. The van der Waals surface area contributed by atoms with E-state index in [2.05, 4.69) is 0 Å². The summed E-state index contributed by atoms with van der Waals surface area (Å²) >= 11 is 0. The molecule has 0 unspecified atom stereocenters. The van der Waals surface area contributed by atoms with E-state index < -0.39 is 12.6 Å². The van der Waals surface area contributed by atoms with Crippen LogP contribution in [0.1, 0.15) is 6.92 Å². The standard InChI is InChI=1S/C11H14O5/c1-3-15-8-4-5-9(10(6-8)14-2)16-7-11(12)13/h4-6H,3,7H2,1-2H3,(H,12,13). The van der Waals surface area contributed by atoms with E-state index in [1.165, 1.54) is 7.11 Å². The zero-order valence-electron chi connectivity index (χ0n) is 9.23. The topological polar surface area (TPSA) is 65.0 Å². The van der Waals surface area contributed by atoms with Crippen molar-refractivity contribution in [1.29, 1.82) is 0 Å². The minimum Gasteiger partial charge on any atom is -0.494 e. The molecule has 0 bridgehead atoms. The van der Waals surface area contributed by atoms with Gasteiger partial charge >= 0.3 is 5.97 Å². The van der Waals surface area contributed by atoms with E-state index in [4.69, 9.17) is 19.3 Å². The molecular weight excluding hydrogens is 212 g/mol. The zero-order chi connectivity index (χ0) is 12.0. The quantitative estimate of drug-likeness (QED) is 0.797. The second kappa shape index (κ2) is 5.85. The SMILES string of the molecule is CCOc1ccc(OCC(=O)O)c(OC)c1. The molecule has 0 spiro atoms. The Kier molecular flexibility index (Phi) is 4.44. The molecule has 0 saturated carbocycles. The first-order valence-corrected chi connectivity index (χ1v) is 4.82. The average Bonchev–Trinajstić information content (AvgIpc) is 2.27. The van der Waals surface area contributed by atoms with Gasteiger partial charge in [-0.15, -0.1) is 0 Å². The summed E-state index contributed by atoms with van der Waals surface area (Å²) in [7, 11) is 1.48. The van der Waals surface area contributed by atoms with Crippen LogP contribution in [0.5, 0.6) is 17.2 Å². The molecule has 0 aromatic heterocycles. The van der Waals surface area contributed by atoms with Gasteiger partial charge in [-0.1, -0.05) is 0 Å². The number of hydrogen-bond acceptors (Lipinski definition) is 4. The first kappa shape index (κ1) is 12.2. The number of methoxy groups -OCH3 is 1. The highest BCUT2D eigenvalue weighted by Gasteiger charge is 2.07. The third-order valence-electron chi connectivity index (χ3n) is 1.80. The summed E-state index contributed by atoms with van der Waals surface area (Å²) in [4.78, 5) is 10.4. The third kappa shape index (κ3) is 3.34. The molecule has 0 aliphatic rings. The van der Waals surface area contributed by atoms with Crippen LogP contribution in [0.2, 0.25) is 0 Å². The van der Waals surface area contributed by atoms with E-state index in [-0.39, 0.29) is 0 Å². The summed E-state index contributed by atoms with van der Waals surface area (Å²) in [5.41, 5.74) is 0. The van der Waals surface area contributed by atoms with Crippen molar-refractivity contribution >= 4 is 5.97 Å². The van der Waals surface area contributed by atoms with Crippen LogP contribution >= 0.6 is 0 Å². The summed E-state index contributed by atoms with van der Waals surface area (Å²) in [5, 5.41) is 8.49. The summed E-state index contributed by atoms with van der Waals surface area (Å²) < 4.78 is 15.4. The van der Waals surface area contributed by atoms with Gasteiger partial charge < -0.3 is 19.3 Å². The number of hydrogen-bond donors (Lipinski definition) is 1. The van der Waals surface area contributed by atoms with Gasteiger partial charge in [0, 0.05) is 6.07 Å². The predicted octanol–water partition coefficient (Wildman–Crippen LogP) is 1.56. The van der Waals surface area contributed by atoms with Gasteiger partial charge in [0.15, 0.2) is 18.1 Å². The van der Waals surface area contributed by atoms with Crippen molar-refractivity contribution in [1.82, 2.24) is 0 Å². The Morgan fingerprint density at radius 3 is 2.62 bits per heavy atom. The van der Waals surface area contributed by atoms with Crippen LogP contribution in [0.15, 0.2) is 18.2 Å². The highest BCUT2D eigenvalue weighted by atomic mass is 16.5. The van der Waals surface area contributed by atoms with Crippen molar-refractivity contribution in [3.63, 3.8) is 0 Å². The average molecular weight is 226 g/mol. The Morgan fingerprint density at radius 2 is 2.06 bits per heavy atom. The molecule has 0 atom stereocenters. The first-order chi connectivity index (χ1) is 7.67. The number of carbonyl (C=O) groups is 1. The maximum absolute atomic E-state index is 10.4. The van der Waals surface area contributed by atoms with Gasteiger partial charge in [-0.05, 0) is 19.1 Å². The highest BCUT2D eigenvalue weighted by Crippen LogP contribution is 2.31. The monoisotopic (exact) mass is 226 g/mol. The normalized spacial score (nSPS) is 9.62. The van der Waals surface area contributed by atoms with Gasteiger partial charge in [-0.2, -0.15) is 0 Å².